The fourth-order valence-electron chi connectivity index (χ4n) is 3.94. The summed E-state index contributed by atoms with van der Waals surface area (Å²) in [6, 6.07) is 5.62. The van der Waals surface area contributed by atoms with Crippen molar-refractivity contribution >= 4 is 53.5 Å². The zero-order valence-corrected chi connectivity index (χ0v) is 22.3. The van der Waals surface area contributed by atoms with Crippen LogP contribution in [-0.4, -0.2) is 47.7 Å². The molecule has 0 bridgehead atoms. The van der Waals surface area contributed by atoms with Crippen LogP contribution in [-0.2, 0) is 6.42 Å². The molecule has 2 aliphatic heterocycles. The minimum absolute atomic E-state index is 0. The summed E-state index contributed by atoms with van der Waals surface area (Å²) in [5, 5.41) is 4.73. The van der Waals surface area contributed by atoms with E-state index in [2.05, 4.69) is 15.1 Å². The van der Waals surface area contributed by atoms with Crippen molar-refractivity contribution in [1.29, 1.82) is 0 Å². The highest BCUT2D eigenvalue weighted by atomic mass is 35.5. The zero-order chi connectivity index (χ0) is 20.1. The first-order valence-corrected chi connectivity index (χ1v) is 11.4. The van der Waals surface area contributed by atoms with Crippen LogP contribution < -0.4 is 39.7 Å². The summed E-state index contributed by atoms with van der Waals surface area (Å²) >= 11 is 12.3. The van der Waals surface area contributed by atoms with E-state index in [9.17, 15) is 0 Å². The van der Waals surface area contributed by atoms with Gasteiger partial charge in [-0.2, -0.15) is 15.0 Å². The Morgan fingerprint density at radius 1 is 0.765 bits per heavy atom. The van der Waals surface area contributed by atoms with Crippen molar-refractivity contribution in [1.82, 2.24) is 39.6 Å². The summed E-state index contributed by atoms with van der Waals surface area (Å²) in [7, 11) is 0. The van der Waals surface area contributed by atoms with Gasteiger partial charge in [-0.1, -0.05) is 29.3 Å². The SMILES string of the molecule is Cl.Clc1ccc(CCNc2nc(N3CCCCC3)nc(N3CCCCC3)n2)c(Cl)c1.N.N.N.N.[HH].[HH].[HH].[HH]. The number of hydrogen-bond donors (Lipinski definition) is 5. The van der Waals surface area contributed by atoms with Crippen molar-refractivity contribution in [3.8, 4) is 0 Å². The summed E-state index contributed by atoms with van der Waals surface area (Å²) in [6.45, 7) is 4.77. The molecule has 1 aromatic carbocycles. The predicted molar refractivity (Wildman–Crippen MR) is 156 cm³/mol. The molecule has 1 aromatic heterocycles. The van der Waals surface area contributed by atoms with Gasteiger partial charge in [-0.25, -0.2) is 0 Å². The molecule has 10 nitrogen and oxygen atoms in total. The van der Waals surface area contributed by atoms with Crippen LogP contribution in [0.25, 0.3) is 0 Å². The lowest BCUT2D eigenvalue weighted by molar-refractivity contribution is 0.556. The molecule has 0 unspecified atom stereocenters. The monoisotopic (exact) mass is 546 g/mol. The van der Waals surface area contributed by atoms with Gasteiger partial charge >= 0.3 is 0 Å². The first kappa shape index (κ1) is 34.5. The molecule has 2 aliphatic rings. The standard InChI is InChI=1S/C21H28Cl2N6.ClH.4H3N.4H2/c22-17-8-7-16(18(23)15-17)9-10-24-19-25-20(28-11-3-1-4-12-28)27-21(26-19)29-13-5-2-6-14-29;;;;;;;;;/h7-8,15H,1-6,9-14H2,(H,24,25,26,27);1H;4*1H3;4*1H. The maximum atomic E-state index is 6.30. The highest BCUT2D eigenvalue weighted by Gasteiger charge is 2.20. The number of aromatic nitrogens is 3. The van der Waals surface area contributed by atoms with Crippen LogP contribution in [0.15, 0.2) is 18.2 Å². The molecule has 2 saturated heterocycles. The lowest BCUT2D eigenvalue weighted by Gasteiger charge is -2.30. The number of rotatable bonds is 6. The van der Waals surface area contributed by atoms with E-state index in [0.717, 1.165) is 50.1 Å². The Labute approximate surface area is 225 Å². The quantitative estimate of drug-likeness (QED) is 0.254. The van der Waals surface area contributed by atoms with E-state index < -0.39 is 0 Å². The van der Waals surface area contributed by atoms with Gasteiger partial charge in [0.05, 0.1) is 0 Å². The predicted octanol–water partition coefficient (Wildman–Crippen LogP) is 6.87. The van der Waals surface area contributed by atoms with Crippen molar-refractivity contribution in [3.63, 3.8) is 0 Å². The molecule has 13 heteroatoms. The summed E-state index contributed by atoms with van der Waals surface area (Å²) in [4.78, 5) is 18.9. The van der Waals surface area contributed by atoms with Crippen molar-refractivity contribution < 1.29 is 5.71 Å². The molecule has 0 atom stereocenters. The number of anilines is 3. The molecule has 13 N–H and O–H groups in total. The zero-order valence-electron chi connectivity index (χ0n) is 19.9. The molecule has 0 spiro atoms. The average molecular weight is 548 g/mol. The second-order valence-corrected chi connectivity index (χ2v) is 8.61. The van der Waals surface area contributed by atoms with E-state index in [4.69, 9.17) is 38.2 Å². The van der Waals surface area contributed by atoms with Crippen LogP contribution in [0.1, 0.15) is 49.8 Å². The number of hydrogen-bond acceptors (Lipinski definition) is 10. The molecule has 2 fully saturated rings. The average Bonchev–Trinajstić information content (AvgIpc) is 2.76. The van der Waals surface area contributed by atoms with Gasteiger partial charge in [0, 0.05) is 48.5 Å². The molecule has 34 heavy (non-hydrogen) atoms. The Morgan fingerprint density at radius 2 is 1.26 bits per heavy atom. The molecular weight excluding hydrogens is 499 g/mol. The third kappa shape index (κ3) is 9.18. The van der Waals surface area contributed by atoms with E-state index >= 15 is 0 Å². The second kappa shape index (κ2) is 16.9. The normalized spacial score (nSPS) is 14.9. The van der Waals surface area contributed by atoms with Crippen LogP contribution >= 0.6 is 35.6 Å². The smallest absolute Gasteiger partial charge is 0.231 e. The topological polar surface area (TPSA) is 197 Å². The van der Waals surface area contributed by atoms with E-state index in [0.29, 0.717) is 22.5 Å². The number of nitrogens with zero attached hydrogens (tertiary/aromatic N) is 5. The maximum absolute atomic E-state index is 6.30. The number of nitrogens with one attached hydrogen (secondary N) is 1. The van der Waals surface area contributed by atoms with Gasteiger partial charge in [0.15, 0.2) is 0 Å². The van der Waals surface area contributed by atoms with Gasteiger partial charge in [-0.05, 0) is 62.6 Å². The van der Waals surface area contributed by atoms with E-state index in [1.54, 1.807) is 6.07 Å². The molecule has 0 amide bonds. The van der Waals surface area contributed by atoms with Crippen molar-refractivity contribution in [2.45, 2.75) is 44.9 Å². The minimum Gasteiger partial charge on any atom is -0.354 e. The van der Waals surface area contributed by atoms with Gasteiger partial charge in [-0.15, -0.1) is 12.4 Å². The highest BCUT2D eigenvalue weighted by molar-refractivity contribution is 6.35. The van der Waals surface area contributed by atoms with Crippen molar-refractivity contribution in [2.24, 2.45) is 0 Å². The largest absolute Gasteiger partial charge is 0.354 e. The molecule has 0 aliphatic carbocycles. The van der Waals surface area contributed by atoms with Gasteiger partial charge in [-0.3, -0.25) is 0 Å². The van der Waals surface area contributed by atoms with E-state index in [1.165, 1.54) is 38.5 Å². The molecule has 2 aromatic rings. The Bertz CT molecular complexity index is 813. The lowest BCUT2D eigenvalue weighted by Crippen LogP contribution is -2.34. The van der Waals surface area contributed by atoms with Crippen molar-refractivity contribution in [2.75, 3.05) is 47.8 Å². The summed E-state index contributed by atoms with van der Waals surface area (Å²) < 4.78 is 0. The maximum Gasteiger partial charge on any atom is 0.231 e. The van der Waals surface area contributed by atoms with Gasteiger partial charge in [0.25, 0.3) is 0 Å². The van der Waals surface area contributed by atoms with Crippen LogP contribution in [0.3, 0.4) is 0 Å². The molecule has 3 heterocycles. The van der Waals surface area contributed by atoms with Crippen LogP contribution in [0.2, 0.25) is 10.0 Å². The fourth-order valence-corrected chi connectivity index (χ4v) is 4.44. The molecule has 204 valence electrons. The van der Waals surface area contributed by atoms with Crippen LogP contribution in [0.5, 0.6) is 0 Å². The second-order valence-electron chi connectivity index (χ2n) is 7.77. The summed E-state index contributed by atoms with van der Waals surface area (Å²) in [5.41, 5.74) is 1.06. The van der Waals surface area contributed by atoms with Gasteiger partial charge in [0.2, 0.25) is 17.8 Å². The number of halogens is 3. The highest BCUT2D eigenvalue weighted by Crippen LogP contribution is 2.24. The minimum atomic E-state index is 0. The number of piperidine rings is 2. The van der Waals surface area contributed by atoms with Crippen LogP contribution in [0.4, 0.5) is 17.8 Å². The Kier molecular flexibility index (Phi) is 17.1. The molecular formula is C21H49Cl3N10. The Morgan fingerprint density at radius 3 is 1.74 bits per heavy atom. The first-order valence-electron chi connectivity index (χ1n) is 10.6. The summed E-state index contributed by atoms with van der Waals surface area (Å²) in [6.07, 6.45) is 8.14. The van der Waals surface area contributed by atoms with E-state index in [-0.39, 0.29) is 42.7 Å². The lowest BCUT2D eigenvalue weighted by atomic mass is 10.1. The molecule has 0 radical (unpaired) electrons. The molecule has 4 rings (SSSR count). The fraction of sp³-hybridized carbons (Fsp3) is 0.571. The number of benzene rings is 1. The molecule has 0 saturated carbocycles. The van der Waals surface area contributed by atoms with Crippen molar-refractivity contribution in [3.05, 3.63) is 33.8 Å². The van der Waals surface area contributed by atoms with Gasteiger partial charge < -0.3 is 39.7 Å². The van der Waals surface area contributed by atoms with Gasteiger partial charge in [0.1, 0.15) is 0 Å². The Balaban J connectivity index is -0.000000284. The van der Waals surface area contributed by atoms with Crippen LogP contribution in [0, 0.1) is 0 Å². The third-order valence-electron chi connectivity index (χ3n) is 5.58. The summed E-state index contributed by atoms with van der Waals surface area (Å²) in [5.74, 6) is 2.24. The first-order chi connectivity index (χ1) is 14.2. The Hall–Kier alpha value is -1.66. The third-order valence-corrected chi connectivity index (χ3v) is 6.17. The van der Waals surface area contributed by atoms with E-state index in [1.807, 2.05) is 12.1 Å².